The summed E-state index contributed by atoms with van der Waals surface area (Å²) in [4.78, 5) is 25.3. The van der Waals surface area contributed by atoms with Gasteiger partial charge in [-0.25, -0.2) is 15.0 Å². The van der Waals surface area contributed by atoms with Gasteiger partial charge in [-0.3, -0.25) is 9.48 Å². The summed E-state index contributed by atoms with van der Waals surface area (Å²) >= 11 is 0. The van der Waals surface area contributed by atoms with Crippen LogP contribution >= 0.6 is 0 Å². The maximum atomic E-state index is 12.2. The lowest BCUT2D eigenvalue weighted by atomic mass is 10.2. The smallest absolute Gasteiger partial charge is 0.293 e. The van der Waals surface area contributed by atoms with Gasteiger partial charge in [0.2, 0.25) is 11.8 Å². The number of benzene rings is 1. The molecule has 0 radical (unpaired) electrons. The van der Waals surface area contributed by atoms with Gasteiger partial charge >= 0.3 is 0 Å². The molecule has 4 aromatic heterocycles. The molecule has 9 heteroatoms. The average Bonchev–Trinajstić information content (AvgIpc) is 3.28. The van der Waals surface area contributed by atoms with Gasteiger partial charge in [0, 0.05) is 24.8 Å². The van der Waals surface area contributed by atoms with Crippen LogP contribution in [-0.4, -0.2) is 34.3 Å². The number of hydrogen-bond acceptors (Lipinski definition) is 7. The lowest BCUT2D eigenvalue weighted by molar-refractivity contribution is 0.768. The summed E-state index contributed by atoms with van der Waals surface area (Å²) in [5.41, 5.74) is 1.91. The van der Waals surface area contributed by atoms with E-state index in [1.165, 1.54) is 6.20 Å². The lowest BCUT2D eigenvalue weighted by Crippen LogP contribution is -2.11. The summed E-state index contributed by atoms with van der Waals surface area (Å²) in [6.07, 6.45) is 3.28. The second kappa shape index (κ2) is 6.23. The fraction of sp³-hybridized carbons (Fsp3) is 0.0526. The van der Waals surface area contributed by atoms with Gasteiger partial charge in [-0.1, -0.05) is 18.2 Å². The van der Waals surface area contributed by atoms with Crippen LogP contribution in [0.1, 0.15) is 0 Å². The highest BCUT2D eigenvalue weighted by atomic mass is 16.1. The Morgan fingerprint density at radius 3 is 2.68 bits per heavy atom. The van der Waals surface area contributed by atoms with Crippen LogP contribution in [-0.2, 0) is 7.05 Å². The van der Waals surface area contributed by atoms with Crippen molar-refractivity contribution in [2.24, 2.45) is 7.05 Å². The Hall–Kier alpha value is -4.14. The maximum Gasteiger partial charge on any atom is 0.293 e. The SMILES string of the molecule is Cn1ccc(-c2nc3c4ccccc4nc(Nc4ccccnc4=O)n3n2)n1. The van der Waals surface area contributed by atoms with Crippen molar-refractivity contribution in [3.63, 3.8) is 0 Å². The highest BCUT2D eigenvalue weighted by Crippen LogP contribution is 2.24. The molecule has 1 N–H and O–H groups in total. The third-order valence-electron chi connectivity index (χ3n) is 4.25. The highest BCUT2D eigenvalue weighted by Gasteiger charge is 2.16. The molecule has 0 saturated heterocycles. The molecule has 4 heterocycles. The zero-order valence-corrected chi connectivity index (χ0v) is 14.8. The topological polar surface area (TPSA) is 103 Å². The Morgan fingerprint density at radius 1 is 0.964 bits per heavy atom. The summed E-state index contributed by atoms with van der Waals surface area (Å²) in [7, 11) is 1.83. The van der Waals surface area contributed by atoms with Crippen LogP contribution < -0.4 is 10.9 Å². The van der Waals surface area contributed by atoms with Gasteiger partial charge in [0.25, 0.3) is 5.56 Å². The third-order valence-corrected chi connectivity index (χ3v) is 4.25. The minimum absolute atomic E-state index is 0.295. The normalized spacial score (nSPS) is 11.2. The molecule has 0 saturated carbocycles. The van der Waals surface area contributed by atoms with E-state index in [9.17, 15) is 4.79 Å². The number of hydrogen-bond donors (Lipinski definition) is 1. The van der Waals surface area contributed by atoms with Crippen LogP contribution in [0.15, 0.2) is 65.7 Å². The molecule has 0 aliphatic rings. The molecule has 28 heavy (non-hydrogen) atoms. The molecular weight excluding hydrogens is 356 g/mol. The molecule has 0 unspecified atom stereocenters. The van der Waals surface area contributed by atoms with Gasteiger partial charge in [-0.05, 0) is 30.3 Å². The molecule has 9 nitrogen and oxygen atoms in total. The van der Waals surface area contributed by atoms with Crippen molar-refractivity contribution in [1.29, 1.82) is 0 Å². The van der Waals surface area contributed by atoms with Crippen molar-refractivity contribution in [3.05, 3.63) is 71.3 Å². The van der Waals surface area contributed by atoms with Crippen LogP contribution in [0.4, 0.5) is 11.6 Å². The first kappa shape index (κ1) is 16.1. The monoisotopic (exact) mass is 370 g/mol. The predicted octanol–water partition coefficient (Wildman–Crippen LogP) is 2.18. The van der Waals surface area contributed by atoms with Crippen molar-refractivity contribution in [2.45, 2.75) is 0 Å². The lowest BCUT2D eigenvalue weighted by Gasteiger charge is -2.07. The van der Waals surface area contributed by atoms with Gasteiger partial charge in [0.1, 0.15) is 11.4 Å². The molecule has 1 aromatic carbocycles. The summed E-state index contributed by atoms with van der Waals surface area (Å²) in [6, 6.07) is 14.5. The van der Waals surface area contributed by atoms with E-state index in [1.807, 2.05) is 43.6 Å². The molecule has 0 fully saturated rings. The van der Waals surface area contributed by atoms with Crippen molar-refractivity contribution >= 4 is 28.2 Å². The fourth-order valence-electron chi connectivity index (χ4n) is 2.95. The van der Waals surface area contributed by atoms with Crippen LogP contribution in [0.25, 0.3) is 28.1 Å². The number of aryl methyl sites for hydroxylation is 1. The summed E-state index contributed by atoms with van der Waals surface area (Å²) in [6.45, 7) is 0. The Kier molecular flexibility index (Phi) is 3.58. The highest BCUT2D eigenvalue weighted by molar-refractivity contribution is 5.93. The quantitative estimate of drug-likeness (QED) is 0.519. The van der Waals surface area contributed by atoms with Crippen molar-refractivity contribution in [1.82, 2.24) is 34.3 Å². The first-order valence-electron chi connectivity index (χ1n) is 8.57. The minimum Gasteiger partial charge on any atom is -0.319 e. The molecule has 0 aliphatic heterocycles. The molecular formula is C19H14N8O. The van der Waals surface area contributed by atoms with E-state index in [0.717, 1.165) is 10.9 Å². The predicted molar refractivity (Wildman–Crippen MR) is 104 cm³/mol. The van der Waals surface area contributed by atoms with E-state index in [1.54, 1.807) is 27.4 Å². The third kappa shape index (κ3) is 2.65. The van der Waals surface area contributed by atoms with Crippen molar-refractivity contribution in [3.8, 4) is 11.5 Å². The summed E-state index contributed by atoms with van der Waals surface area (Å²) < 4.78 is 3.27. The number of para-hydroxylation sites is 1. The zero-order chi connectivity index (χ0) is 19.1. The van der Waals surface area contributed by atoms with E-state index in [-0.39, 0.29) is 0 Å². The van der Waals surface area contributed by atoms with Crippen LogP contribution in [0.5, 0.6) is 0 Å². The van der Waals surface area contributed by atoms with Crippen molar-refractivity contribution < 1.29 is 0 Å². The molecule has 0 aliphatic carbocycles. The maximum absolute atomic E-state index is 12.2. The van der Waals surface area contributed by atoms with Crippen LogP contribution in [0, 0.1) is 0 Å². The van der Waals surface area contributed by atoms with Gasteiger partial charge in [0.05, 0.1) is 5.52 Å². The number of rotatable bonds is 3. The first-order chi connectivity index (χ1) is 13.7. The van der Waals surface area contributed by atoms with Crippen molar-refractivity contribution in [2.75, 3.05) is 5.32 Å². The van der Waals surface area contributed by atoms with E-state index in [0.29, 0.717) is 28.8 Å². The molecule has 5 rings (SSSR count). The van der Waals surface area contributed by atoms with E-state index < -0.39 is 5.56 Å². The number of nitrogens with one attached hydrogen (secondary N) is 1. The van der Waals surface area contributed by atoms with Gasteiger partial charge in [0.15, 0.2) is 5.65 Å². The fourth-order valence-corrected chi connectivity index (χ4v) is 2.95. The molecule has 0 atom stereocenters. The first-order valence-corrected chi connectivity index (χ1v) is 8.57. The van der Waals surface area contributed by atoms with Gasteiger partial charge in [-0.15, -0.1) is 5.10 Å². The molecule has 0 bridgehead atoms. The summed E-state index contributed by atoms with van der Waals surface area (Å²) in [5, 5.41) is 12.8. The number of aromatic nitrogens is 7. The Bertz CT molecular complexity index is 1390. The largest absolute Gasteiger partial charge is 0.319 e. The number of fused-ring (bicyclic) bond motifs is 3. The number of anilines is 2. The molecule has 0 amide bonds. The second-order valence-electron chi connectivity index (χ2n) is 6.17. The summed E-state index contributed by atoms with van der Waals surface area (Å²) in [5.74, 6) is 0.842. The number of nitrogens with zero attached hydrogens (tertiary/aromatic N) is 7. The molecule has 0 spiro atoms. The molecule has 136 valence electrons. The van der Waals surface area contributed by atoms with Gasteiger partial charge in [-0.2, -0.15) is 9.61 Å². The van der Waals surface area contributed by atoms with E-state index in [4.69, 9.17) is 0 Å². The standard InChI is InChI=1S/C19H14N8O/c1-26-11-9-14(24-26)16-23-17-12-6-2-3-7-13(12)21-19(27(17)25-16)22-15-8-4-5-10-20-18(15)28/h2-11H,1H3,(H,20,21,22,28). The van der Waals surface area contributed by atoms with Crippen LogP contribution in [0.3, 0.4) is 0 Å². The Balaban J connectivity index is 1.76. The second-order valence-corrected chi connectivity index (χ2v) is 6.17. The zero-order valence-electron chi connectivity index (χ0n) is 14.8. The van der Waals surface area contributed by atoms with E-state index in [2.05, 4.69) is 30.5 Å². The van der Waals surface area contributed by atoms with Gasteiger partial charge < -0.3 is 5.32 Å². The Morgan fingerprint density at radius 2 is 1.82 bits per heavy atom. The van der Waals surface area contributed by atoms with E-state index >= 15 is 0 Å². The molecule has 5 aromatic rings. The minimum atomic E-state index is -0.391. The average molecular weight is 370 g/mol. The van der Waals surface area contributed by atoms with Crippen LogP contribution in [0.2, 0.25) is 0 Å². The Labute approximate surface area is 158 Å².